The lowest BCUT2D eigenvalue weighted by atomic mass is 10.1. The average Bonchev–Trinajstić information content (AvgIpc) is 2.27. The molecule has 0 saturated heterocycles. The Balaban J connectivity index is 2.93. The maximum absolute atomic E-state index is 10.9. The Labute approximate surface area is 112 Å². The molecule has 0 aliphatic rings. The molecule has 1 N–H and O–H groups in total. The first-order valence-electron chi connectivity index (χ1n) is 6.36. The van der Waals surface area contributed by atoms with Crippen LogP contribution in [0.15, 0.2) is 6.20 Å². The van der Waals surface area contributed by atoms with Gasteiger partial charge in [0.15, 0.2) is 0 Å². The summed E-state index contributed by atoms with van der Waals surface area (Å²) in [5.41, 5.74) is -0.211. The summed E-state index contributed by atoms with van der Waals surface area (Å²) in [7, 11) is 0. The SMILES string of the molecule is CCNc1ncc([N+](=O)[O-])c(OC(C)CC(C)C)n1. The van der Waals surface area contributed by atoms with Crippen LogP contribution in [0.25, 0.3) is 0 Å². The van der Waals surface area contributed by atoms with E-state index in [0.717, 1.165) is 6.42 Å². The maximum atomic E-state index is 10.9. The maximum Gasteiger partial charge on any atom is 0.349 e. The third kappa shape index (κ3) is 4.69. The van der Waals surface area contributed by atoms with Crippen molar-refractivity contribution in [3.63, 3.8) is 0 Å². The lowest BCUT2D eigenvalue weighted by Crippen LogP contribution is -2.17. The molecular formula is C12H20N4O3. The van der Waals surface area contributed by atoms with Crippen LogP contribution in [0.5, 0.6) is 5.88 Å². The van der Waals surface area contributed by atoms with Crippen LogP contribution in [0.4, 0.5) is 11.6 Å². The van der Waals surface area contributed by atoms with Crippen molar-refractivity contribution in [1.82, 2.24) is 9.97 Å². The Morgan fingerprint density at radius 3 is 2.68 bits per heavy atom. The van der Waals surface area contributed by atoms with E-state index in [1.807, 2.05) is 13.8 Å². The predicted molar refractivity (Wildman–Crippen MR) is 72.4 cm³/mol. The number of aromatic nitrogens is 2. The molecule has 0 fully saturated rings. The monoisotopic (exact) mass is 268 g/mol. The second-order valence-corrected chi connectivity index (χ2v) is 4.73. The fraction of sp³-hybridized carbons (Fsp3) is 0.667. The number of hydrogen-bond donors (Lipinski definition) is 1. The van der Waals surface area contributed by atoms with Gasteiger partial charge in [-0.15, -0.1) is 0 Å². The Bertz CT molecular complexity index is 437. The second kappa shape index (κ2) is 6.86. The first kappa shape index (κ1) is 15.1. The van der Waals surface area contributed by atoms with E-state index in [0.29, 0.717) is 18.4 Å². The molecule has 0 radical (unpaired) electrons. The summed E-state index contributed by atoms with van der Waals surface area (Å²) < 4.78 is 5.57. The third-order valence-electron chi connectivity index (χ3n) is 2.38. The summed E-state index contributed by atoms with van der Waals surface area (Å²) in [4.78, 5) is 18.3. The van der Waals surface area contributed by atoms with Gasteiger partial charge in [0.25, 0.3) is 5.88 Å². The molecule has 7 heteroatoms. The molecular weight excluding hydrogens is 248 g/mol. The molecule has 1 aromatic rings. The summed E-state index contributed by atoms with van der Waals surface area (Å²) in [6, 6.07) is 0. The molecule has 1 atom stereocenters. The minimum atomic E-state index is -0.535. The van der Waals surface area contributed by atoms with E-state index in [1.165, 1.54) is 6.20 Å². The Hall–Kier alpha value is -1.92. The van der Waals surface area contributed by atoms with Gasteiger partial charge < -0.3 is 10.1 Å². The van der Waals surface area contributed by atoms with Crippen LogP contribution in [0.2, 0.25) is 0 Å². The molecule has 0 spiro atoms. The van der Waals surface area contributed by atoms with Gasteiger partial charge in [0.05, 0.1) is 11.0 Å². The highest BCUT2D eigenvalue weighted by molar-refractivity contribution is 5.43. The minimum absolute atomic E-state index is 0.0177. The highest BCUT2D eigenvalue weighted by Crippen LogP contribution is 2.26. The van der Waals surface area contributed by atoms with Gasteiger partial charge in [-0.3, -0.25) is 10.1 Å². The van der Waals surface area contributed by atoms with Crippen LogP contribution in [0, 0.1) is 16.0 Å². The van der Waals surface area contributed by atoms with Crippen molar-refractivity contribution in [2.24, 2.45) is 5.92 Å². The normalized spacial score (nSPS) is 12.3. The van der Waals surface area contributed by atoms with Gasteiger partial charge in [-0.1, -0.05) is 13.8 Å². The van der Waals surface area contributed by atoms with Crippen molar-refractivity contribution in [2.45, 2.75) is 40.2 Å². The van der Waals surface area contributed by atoms with E-state index in [2.05, 4.69) is 29.1 Å². The largest absolute Gasteiger partial charge is 0.470 e. The van der Waals surface area contributed by atoms with Crippen LogP contribution in [-0.4, -0.2) is 27.5 Å². The van der Waals surface area contributed by atoms with E-state index < -0.39 is 4.92 Å². The van der Waals surface area contributed by atoms with E-state index in [9.17, 15) is 10.1 Å². The summed E-state index contributed by atoms with van der Waals surface area (Å²) in [5, 5.41) is 13.8. The number of ether oxygens (including phenoxy) is 1. The summed E-state index contributed by atoms with van der Waals surface area (Å²) in [6.07, 6.45) is 1.84. The molecule has 0 aromatic carbocycles. The molecule has 7 nitrogen and oxygen atoms in total. The Morgan fingerprint density at radius 1 is 1.47 bits per heavy atom. The zero-order valence-electron chi connectivity index (χ0n) is 11.7. The predicted octanol–water partition coefficient (Wildman–Crippen LogP) is 2.63. The highest BCUT2D eigenvalue weighted by Gasteiger charge is 2.21. The van der Waals surface area contributed by atoms with E-state index in [1.54, 1.807) is 0 Å². The van der Waals surface area contributed by atoms with Crippen molar-refractivity contribution >= 4 is 11.6 Å². The fourth-order valence-electron chi connectivity index (χ4n) is 1.72. The summed E-state index contributed by atoms with van der Waals surface area (Å²) in [6.45, 7) is 8.54. The van der Waals surface area contributed by atoms with Crippen LogP contribution >= 0.6 is 0 Å². The van der Waals surface area contributed by atoms with Crippen molar-refractivity contribution < 1.29 is 9.66 Å². The van der Waals surface area contributed by atoms with Crippen molar-refractivity contribution in [1.29, 1.82) is 0 Å². The Morgan fingerprint density at radius 2 is 2.16 bits per heavy atom. The standard InChI is InChI=1S/C12H20N4O3/c1-5-13-12-14-7-10(16(17)18)11(15-12)19-9(4)6-8(2)3/h7-9H,5-6H2,1-4H3,(H,13,14,15). The van der Waals surface area contributed by atoms with E-state index in [4.69, 9.17) is 4.74 Å². The van der Waals surface area contributed by atoms with Crippen molar-refractivity contribution in [3.8, 4) is 5.88 Å². The van der Waals surface area contributed by atoms with E-state index in [-0.39, 0.29) is 17.7 Å². The summed E-state index contributed by atoms with van der Waals surface area (Å²) >= 11 is 0. The minimum Gasteiger partial charge on any atom is -0.470 e. The van der Waals surface area contributed by atoms with Crippen LogP contribution in [0.3, 0.4) is 0 Å². The van der Waals surface area contributed by atoms with Gasteiger partial charge in [0.1, 0.15) is 6.20 Å². The van der Waals surface area contributed by atoms with Crippen molar-refractivity contribution in [2.75, 3.05) is 11.9 Å². The molecule has 1 heterocycles. The highest BCUT2D eigenvalue weighted by atomic mass is 16.6. The second-order valence-electron chi connectivity index (χ2n) is 4.73. The molecule has 0 aliphatic carbocycles. The average molecular weight is 268 g/mol. The van der Waals surface area contributed by atoms with Crippen LogP contribution in [-0.2, 0) is 0 Å². The smallest absolute Gasteiger partial charge is 0.349 e. The third-order valence-corrected chi connectivity index (χ3v) is 2.38. The van der Waals surface area contributed by atoms with Crippen LogP contribution < -0.4 is 10.1 Å². The molecule has 1 unspecified atom stereocenters. The molecule has 106 valence electrons. The number of rotatable bonds is 7. The number of hydrogen-bond acceptors (Lipinski definition) is 6. The zero-order chi connectivity index (χ0) is 14.4. The number of anilines is 1. The number of nitro groups is 1. The van der Waals surface area contributed by atoms with Gasteiger partial charge in [-0.25, -0.2) is 4.98 Å². The lowest BCUT2D eigenvalue weighted by Gasteiger charge is -2.16. The molecule has 1 rings (SSSR count). The Kier molecular flexibility index (Phi) is 5.47. The number of nitrogens with zero attached hydrogens (tertiary/aromatic N) is 3. The first-order chi connectivity index (χ1) is 8.93. The number of nitrogens with one attached hydrogen (secondary N) is 1. The topological polar surface area (TPSA) is 90.2 Å². The summed E-state index contributed by atoms with van der Waals surface area (Å²) in [5.74, 6) is 0.799. The molecule has 1 aromatic heterocycles. The molecule has 0 bridgehead atoms. The van der Waals surface area contributed by atoms with Gasteiger partial charge in [-0.2, -0.15) is 4.98 Å². The molecule has 19 heavy (non-hydrogen) atoms. The van der Waals surface area contributed by atoms with Crippen LogP contribution in [0.1, 0.15) is 34.1 Å². The van der Waals surface area contributed by atoms with E-state index >= 15 is 0 Å². The lowest BCUT2D eigenvalue weighted by molar-refractivity contribution is -0.386. The molecule has 0 saturated carbocycles. The zero-order valence-corrected chi connectivity index (χ0v) is 11.7. The quantitative estimate of drug-likeness (QED) is 0.604. The molecule has 0 aliphatic heterocycles. The van der Waals surface area contributed by atoms with Crippen molar-refractivity contribution in [3.05, 3.63) is 16.3 Å². The van der Waals surface area contributed by atoms with Gasteiger partial charge in [-0.05, 0) is 26.2 Å². The molecule has 0 amide bonds. The fourth-order valence-corrected chi connectivity index (χ4v) is 1.72. The first-order valence-corrected chi connectivity index (χ1v) is 6.36. The van der Waals surface area contributed by atoms with Gasteiger partial charge >= 0.3 is 5.69 Å². The van der Waals surface area contributed by atoms with Gasteiger partial charge in [0, 0.05) is 6.54 Å². The van der Waals surface area contributed by atoms with Gasteiger partial charge in [0.2, 0.25) is 5.95 Å².